The molecule has 0 heterocycles. The number of methoxy groups -OCH3 is 2. The molecular formula is C28H36N4O6. The van der Waals surface area contributed by atoms with Gasteiger partial charge in [0.15, 0.2) is 17.5 Å². The van der Waals surface area contributed by atoms with Gasteiger partial charge in [0, 0.05) is 6.54 Å². The molecule has 0 saturated heterocycles. The van der Waals surface area contributed by atoms with Gasteiger partial charge in [0.2, 0.25) is 11.8 Å². The average molecular weight is 525 g/mol. The molecule has 2 aromatic carbocycles. The molecule has 1 saturated carbocycles. The van der Waals surface area contributed by atoms with Crippen molar-refractivity contribution in [3.8, 4) is 11.5 Å². The standard InChI is InChI=1S/C28H36N4O6/c1-37-23-13-10-20(15-24(23)38-2)16-25(33)32-28(29)31-22(14-18-6-4-3-5-7-18)26(34)30-17-19-8-11-21(12-9-19)27(35)36/h8-13,15,18,22H,3-7,14,16-17H2,1-2H3,(H,30,34)(H,35,36)(H3,29,31,32,33). The molecule has 0 radical (unpaired) electrons. The molecule has 0 aliphatic heterocycles. The zero-order chi connectivity index (χ0) is 27.5. The van der Waals surface area contributed by atoms with E-state index in [0.717, 1.165) is 31.2 Å². The zero-order valence-electron chi connectivity index (χ0n) is 21.9. The van der Waals surface area contributed by atoms with Crippen molar-refractivity contribution in [3.63, 3.8) is 0 Å². The second-order valence-corrected chi connectivity index (χ2v) is 9.40. The number of nitrogens with one attached hydrogen (secondary N) is 2. The molecule has 0 bridgehead atoms. The van der Waals surface area contributed by atoms with Crippen molar-refractivity contribution in [2.75, 3.05) is 14.2 Å². The van der Waals surface area contributed by atoms with Crippen molar-refractivity contribution in [1.29, 1.82) is 0 Å². The molecule has 1 aliphatic carbocycles. The van der Waals surface area contributed by atoms with E-state index >= 15 is 0 Å². The van der Waals surface area contributed by atoms with Crippen LogP contribution in [-0.4, -0.2) is 49.1 Å². The minimum atomic E-state index is -1.01. The molecule has 1 aliphatic rings. The van der Waals surface area contributed by atoms with Crippen molar-refractivity contribution in [3.05, 3.63) is 59.2 Å². The third kappa shape index (κ3) is 8.50. The smallest absolute Gasteiger partial charge is 0.335 e. The van der Waals surface area contributed by atoms with E-state index in [-0.39, 0.29) is 36.3 Å². The summed E-state index contributed by atoms with van der Waals surface area (Å²) in [5.41, 5.74) is 7.71. The van der Waals surface area contributed by atoms with Crippen LogP contribution in [0.3, 0.4) is 0 Å². The maximum atomic E-state index is 13.1. The highest BCUT2D eigenvalue weighted by Crippen LogP contribution is 2.29. The number of aromatic carboxylic acids is 1. The fraction of sp³-hybridized carbons (Fsp3) is 0.429. The second-order valence-electron chi connectivity index (χ2n) is 9.40. The Morgan fingerprint density at radius 3 is 2.29 bits per heavy atom. The van der Waals surface area contributed by atoms with Crippen LogP contribution in [0, 0.1) is 5.92 Å². The Kier molecular flexibility index (Phi) is 10.5. The number of nitrogens with zero attached hydrogens (tertiary/aromatic N) is 1. The summed E-state index contributed by atoms with van der Waals surface area (Å²) in [6.07, 6.45) is 6.07. The fourth-order valence-electron chi connectivity index (χ4n) is 4.59. The Morgan fingerprint density at radius 2 is 1.66 bits per heavy atom. The van der Waals surface area contributed by atoms with Crippen molar-refractivity contribution in [2.45, 2.75) is 57.5 Å². The van der Waals surface area contributed by atoms with Crippen LogP contribution < -0.4 is 25.8 Å². The molecule has 2 amide bonds. The number of carbonyl (C=O) groups excluding carboxylic acids is 2. The molecular weight excluding hydrogens is 488 g/mol. The maximum Gasteiger partial charge on any atom is 0.335 e. The summed E-state index contributed by atoms with van der Waals surface area (Å²) in [6.45, 7) is 0.223. The summed E-state index contributed by atoms with van der Waals surface area (Å²) in [5, 5.41) is 14.5. The normalized spacial score (nSPS) is 14.8. The topological polar surface area (TPSA) is 152 Å². The minimum absolute atomic E-state index is 0.0440. The quantitative estimate of drug-likeness (QED) is 0.260. The van der Waals surface area contributed by atoms with Gasteiger partial charge in [-0.25, -0.2) is 9.79 Å². The van der Waals surface area contributed by atoms with Gasteiger partial charge in [0.05, 0.1) is 26.2 Å². The first-order valence-electron chi connectivity index (χ1n) is 12.7. The Morgan fingerprint density at radius 1 is 1.00 bits per heavy atom. The van der Waals surface area contributed by atoms with Gasteiger partial charge >= 0.3 is 5.97 Å². The van der Waals surface area contributed by atoms with Gasteiger partial charge in [0.25, 0.3) is 0 Å². The lowest BCUT2D eigenvalue weighted by Crippen LogP contribution is -2.42. The highest BCUT2D eigenvalue weighted by molar-refractivity contribution is 5.98. The number of nitrogens with two attached hydrogens (primary N) is 1. The molecule has 204 valence electrons. The first-order valence-corrected chi connectivity index (χ1v) is 12.7. The summed E-state index contributed by atoms with van der Waals surface area (Å²) < 4.78 is 10.5. The second kappa shape index (κ2) is 14.0. The number of carboxylic acids is 1. The molecule has 38 heavy (non-hydrogen) atoms. The van der Waals surface area contributed by atoms with Crippen LogP contribution >= 0.6 is 0 Å². The van der Waals surface area contributed by atoms with Crippen LogP contribution in [0.1, 0.15) is 60.0 Å². The Balaban J connectivity index is 1.65. The van der Waals surface area contributed by atoms with Gasteiger partial charge in [-0.05, 0) is 47.7 Å². The third-order valence-corrected chi connectivity index (χ3v) is 6.63. The van der Waals surface area contributed by atoms with Gasteiger partial charge in [-0.3, -0.25) is 14.9 Å². The summed E-state index contributed by atoms with van der Waals surface area (Å²) in [4.78, 5) is 41.2. The summed E-state index contributed by atoms with van der Waals surface area (Å²) >= 11 is 0. The van der Waals surface area contributed by atoms with E-state index in [1.807, 2.05) is 0 Å². The van der Waals surface area contributed by atoms with E-state index in [1.54, 1.807) is 30.3 Å². The summed E-state index contributed by atoms with van der Waals surface area (Å²) in [7, 11) is 3.06. The predicted molar refractivity (Wildman–Crippen MR) is 143 cm³/mol. The number of hydrogen-bond acceptors (Lipinski definition) is 6. The van der Waals surface area contributed by atoms with E-state index in [9.17, 15) is 14.4 Å². The SMILES string of the molecule is COc1ccc(CC(=O)NC(N)=NC(CC2CCCCC2)C(=O)NCc2ccc(C(=O)O)cc2)cc1OC. The molecule has 3 rings (SSSR count). The molecule has 0 spiro atoms. The fourth-order valence-corrected chi connectivity index (χ4v) is 4.59. The van der Waals surface area contributed by atoms with E-state index in [0.29, 0.717) is 29.4 Å². The zero-order valence-corrected chi connectivity index (χ0v) is 21.9. The van der Waals surface area contributed by atoms with Gasteiger partial charge in [-0.1, -0.05) is 50.3 Å². The Hall–Kier alpha value is -4.08. The van der Waals surface area contributed by atoms with E-state index in [4.69, 9.17) is 20.3 Å². The number of benzene rings is 2. The van der Waals surface area contributed by atoms with Gasteiger partial charge in [0.1, 0.15) is 6.04 Å². The third-order valence-electron chi connectivity index (χ3n) is 6.63. The van der Waals surface area contributed by atoms with Crippen LogP contribution in [0.15, 0.2) is 47.5 Å². The van der Waals surface area contributed by atoms with Gasteiger partial charge in [-0.15, -0.1) is 0 Å². The number of rotatable bonds is 11. The van der Waals surface area contributed by atoms with Crippen LogP contribution in [0.5, 0.6) is 11.5 Å². The monoisotopic (exact) mass is 524 g/mol. The number of ether oxygens (including phenoxy) is 2. The molecule has 2 aromatic rings. The van der Waals surface area contributed by atoms with Crippen LogP contribution in [-0.2, 0) is 22.6 Å². The van der Waals surface area contributed by atoms with Crippen molar-refractivity contribution < 1.29 is 29.0 Å². The largest absolute Gasteiger partial charge is 0.493 e. The summed E-state index contributed by atoms with van der Waals surface area (Å²) in [6, 6.07) is 10.7. The Labute approximate surface area is 222 Å². The lowest BCUT2D eigenvalue weighted by Gasteiger charge is -2.24. The predicted octanol–water partition coefficient (Wildman–Crippen LogP) is 3.03. The van der Waals surface area contributed by atoms with Crippen molar-refractivity contribution in [1.82, 2.24) is 10.6 Å². The number of aliphatic imine (C=N–C) groups is 1. The average Bonchev–Trinajstić information content (AvgIpc) is 2.91. The number of guanidine groups is 1. The molecule has 1 fully saturated rings. The highest BCUT2D eigenvalue weighted by atomic mass is 16.5. The highest BCUT2D eigenvalue weighted by Gasteiger charge is 2.24. The van der Waals surface area contributed by atoms with E-state index in [1.165, 1.54) is 32.8 Å². The number of carbonyl (C=O) groups is 3. The number of amides is 2. The number of carboxylic acid groups (broad SMARTS) is 1. The molecule has 1 unspecified atom stereocenters. The van der Waals surface area contributed by atoms with Gasteiger partial charge < -0.3 is 25.6 Å². The van der Waals surface area contributed by atoms with E-state index in [2.05, 4.69) is 15.6 Å². The van der Waals surface area contributed by atoms with E-state index < -0.39 is 12.0 Å². The molecule has 0 aromatic heterocycles. The lowest BCUT2D eigenvalue weighted by molar-refractivity contribution is -0.123. The van der Waals surface area contributed by atoms with Gasteiger partial charge in [-0.2, -0.15) is 0 Å². The summed E-state index contributed by atoms with van der Waals surface area (Å²) in [5.74, 6) is -0.353. The first kappa shape index (κ1) is 28.5. The molecule has 10 nitrogen and oxygen atoms in total. The maximum absolute atomic E-state index is 13.1. The van der Waals surface area contributed by atoms with Crippen LogP contribution in [0.25, 0.3) is 0 Å². The number of hydrogen-bond donors (Lipinski definition) is 4. The minimum Gasteiger partial charge on any atom is -0.493 e. The lowest BCUT2D eigenvalue weighted by atomic mass is 9.84. The molecule has 10 heteroatoms. The van der Waals surface area contributed by atoms with Crippen LogP contribution in [0.4, 0.5) is 0 Å². The first-order chi connectivity index (χ1) is 18.3. The van der Waals surface area contributed by atoms with Crippen molar-refractivity contribution >= 4 is 23.7 Å². The molecule has 5 N–H and O–H groups in total. The Bertz CT molecular complexity index is 1140. The molecule has 1 atom stereocenters. The van der Waals surface area contributed by atoms with Crippen molar-refractivity contribution in [2.24, 2.45) is 16.6 Å². The van der Waals surface area contributed by atoms with Crippen LogP contribution in [0.2, 0.25) is 0 Å².